The summed E-state index contributed by atoms with van der Waals surface area (Å²) < 4.78 is 11.3. The molecule has 3 aliphatic rings. The van der Waals surface area contributed by atoms with Gasteiger partial charge in [0.1, 0.15) is 6.61 Å². The van der Waals surface area contributed by atoms with Gasteiger partial charge in [-0.2, -0.15) is 0 Å². The van der Waals surface area contributed by atoms with Crippen molar-refractivity contribution >= 4 is 18.0 Å². The number of carboxylic acid groups (broad SMARTS) is 1. The standard InChI is InChI=1S/C27H30N2O6/c1-16-19(26(31)32)10-11-29(16)25(30)17-12-18(34-14-17)13-28-27(33)35-15-24-22-8-4-2-6-20(22)21-7-3-5-9-23(21)24/h2-9,16-19,24H,10-15H2,1H3,(H,28,33)(H,31,32)/t16?,17-,18-,19?/m0/s1. The predicted molar refractivity (Wildman–Crippen MR) is 128 cm³/mol. The van der Waals surface area contributed by atoms with E-state index in [4.69, 9.17) is 9.47 Å². The van der Waals surface area contributed by atoms with E-state index in [0.717, 1.165) is 11.1 Å². The van der Waals surface area contributed by atoms with E-state index in [0.29, 0.717) is 19.4 Å². The van der Waals surface area contributed by atoms with Gasteiger partial charge in [0.05, 0.1) is 24.5 Å². The molecule has 0 bridgehead atoms. The Hall–Kier alpha value is -3.39. The topological polar surface area (TPSA) is 105 Å². The number of ether oxygens (including phenoxy) is 2. The van der Waals surface area contributed by atoms with Gasteiger partial charge in [-0.05, 0) is 42.0 Å². The fourth-order valence-electron chi connectivity index (χ4n) is 5.68. The molecule has 0 saturated carbocycles. The summed E-state index contributed by atoms with van der Waals surface area (Å²) in [6, 6.07) is 16.0. The van der Waals surface area contributed by atoms with Crippen molar-refractivity contribution in [3.8, 4) is 11.1 Å². The minimum atomic E-state index is -0.861. The van der Waals surface area contributed by atoms with E-state index in [-0.39, 0.29) is 49.6 Å². The second-order valence-corrected chi connectivity index (χ2v) is 9.60. The Labute approximate surface area is 204 Å². The molecule has 4 atom stereocenters. The van der Waals surface area contributed by atoms with Crippen molar-refractivity contribution in [2.24, 2.45) is 11.8 Å². The highest BCUT2D eigenvalue weighted by Crippen LogP contribution is 2.44. The second-order valence-electron chi connectivity index (χ2n) is 9.60. The van der Waals surface area contributed by atoms with Gasteiger partial charge in [-0.1, -0.05) is 48.5 Å². The molecular weight excluding hydrogens is 448 g/mol. The van der Waals surface area contributed by atoms with Gasteiger partial charge in [0.15, 0.2) is 0 Å². The van der Waals surface area contributed by atoms with Gasteiger partial charge in [-0.25, -0.2) is 4.79 Å². The SMILES string of the molecule is CC1C(C(=O)O)CCN1C(=O)[C@@H]1CO[C@H](CNC(=O)OCC2c3ccccc3-c3ccccc32)C1. The van der Waals surface area contributed by atoms with Crippen LogP contribution in [0.1, 0.15) is 36.8 Å². The van der Waals surface area contributed by atoms with Crippen molar-refractivity contribution in [2.45, 2.75) is 37.8 Å². The molecule has 35 heavy (non-hydrogen) atoms. The van der Waals surface area contributed by atoms with Gasteiger partial charge in [-0.3, -0.25) is 9.59 Å². The van der Waals surface area contributed by atoms with Crippen molar-refractivity contribution in [1.29, 1.82) is 0 Å². The number of rotatable bonds is 6. The first-order chi connectivity index (χ1) is 16.9. The Bertz CT molecular complexity index is 1090. The smallest absolute Gasteiger partial charge is 0.407 e. The second kappa shape index (κ2) is 9.70. The Kier molecular flexibility index (Phi) is 6.47. The van der Waals surface area contributed by atoms with Crippen LogP contribution in [0.2, 0.25) is 0 Å². The molecular formula is C27H30N2O6. The van der Waals surface area contributed by atoms with E-state index in [1.54, 1.807) is 11.8 Å². The van der Waals surface area contributed by atoms with E-state index in [2.05, 4.69) is 29.6 Å². The normalized spacial score (nSPS) is 25.2. The number of carbonyl (C=O) groups is 3. The van der Waals surface area contributed by atoms with E-state index in [1.807, 2.05) is 24.3 Å². The van der Waals surface area contributed by atoms with Crippen LogP contribution in [-0.2, 0) is 19.1 Å². The number of aliphatic carboxylic acids is 1. The zero-order chi connectivity index (χ0) is 24.5. The van der Waals surface area contributed by atoms with E-state index < -0.39 is 18.0 Å². The molecule has 5 rings (SSSR count). The minimum Gasteiger partial charge on any atom is -0.481 e. The number of fused-ring (bicyclic) bond motifs is 3. The molecule has 2 aliphatic heterocycles. The monoisotopic (exact) mass is 478 g/mol. The first kappa shape index (κ1) is 23.4. The molecule has 8 heteroatoms. The molecule has 2 unspecified atom stereocenters. The van der Waals surface area contributed by atoms with Gasteiger partial charge in [0.25, 0.3) is 0 Å². The fourth-order valence-corrected chi connectivity index (χ4v) is 5.68. The highest BCUT2D eigenvalue weighted by atomic mass is 16.5. The first-order valence-electron chi connectivity index (χ1n) is 12.2. The maximum atomic E-state index is 12.9. The summed E-state index contributed by atoms with van der Waals surface area (Å²) in [6.45, 7) is 3.01. The lowest BCUT2D eigenvalue weighted by Gasteiger charge is -2.25. The molecule has 2 fully saturated rings. The largest absolute Gasteiger partial charge is 0.481 e. The molecule has 8 nitrogen and oxygen atoms in total. The number of hydrogen-bond donors (Lipinski definition) is 2. The van der Waals surface area contributed by atoms with E-state index in [1.165, 1.54) is 11.1 Å². The lowest BCUT2D eigenvalue weighted by molar-refractivity contribution is -0.143. The minimum absolute atomic E-state index is 0.00467. The molecule has 2 amide bonds. The molecule has 0 aromatic heterocycles. The summed E-state index contributed by atoms with van der Waals surface area (Å²) >= 11 is 0. The van der Waals surface area contributed by atoms with Gasteiger partial charge in [-0.15, -0.1) is 0 Å². The van der Waals surface area contributed by atoms with Gasteiger partial charge in [0.2, 0.25) is 5.91 Å². The van der Waals surface area contributed by atoms with Crippen LogP contribution >= 0.6 is 0 Å². The number of hydrogen-bond acceptors (Lipinski definition) is 5. The van der Waals surface area contributed by atoms with Crippen LogP contribution in [0.3, 0.4) is 0 Å². The summed E-state index contributed by atoms with van der Waals surface area (Å²) in [7, 11) is 0. The summed E-state index contributed by atoms with van der Waals surface area (Å²) in [5, 5.41) is 12.1. The average molecular weight is 479 g/mol. The third kappa shape index (κ3) is 4.50. The first-order valence-corrected chi connectivity index (χ1v) is 12.2. The highest BCUT2D eigenvalue weighted by Gasteiger charge is 2.42. The molecule has 1 aliphatic carbocycles. The van der Waals surface area contributed by atoms with Crippen LogP contribution in [-0.4, -0.2) is 66.4 Å². The van der Waals surface area contributed by atoms with Crippen molar-refractivity contribution in [3.05, 3.63) is 59.7 Å². The summed E-state index contributed by atoms with van der Waals surface area (Å²) in [5.41, 5.74) is 4.66. The average Bonchev–Trinajstić information content (AvgIpc) is 3.57. The number of nitrogens with zero attached hydrogens (tertiary/aromatic N) is 1. The van der Waals surface area contributed by atoms with Crippen molar-refractivity contribution < 1.29 is 29.0 Å². The number of carboxylic acids is 1. The number of alkyl carbamates (subject to hydrolysis) is 1. The van der Waals surface area contributed by atoms with Crippen LogP contribution in [0.4, 0.5) is 4.79 Å². The zero-order valence-corrected chi connectivity index (χ0v) is 19.7. The van der Waals surface area contributed by atoms with E-state index >= 15 is 0 Å². The Morgan fingerprint density at radius 3 is 2.37 bits per heavy atom. The Morgan fingerprint density at radius 2 is 1.74 bits per heavy atom. The van der Waals surface area contributed by atoms with Crippen LogP contribution in [0.25, 0.3) is 11.1 Å². The molecule has 2 heterocycles. The molecule has 2 aromatic rings. The number of benzene rings is 2. The van der Waals surface area contributed by atoms with Crippen LogP contribution in [0.5, 0.6) is 0 Å². The summed E-state index contributed by atoms with van der Waals surface area (Å²) in [5.74, 6) is -1.77. The van der Waals surface area contributed by atoms with Crippen LogP contribution < -0.4 is 5.32 Å². The van der Waals surface area contributed by atoms with Crippen LogP contribution in [0.15, 0.2) is 48.5 Å². The summed E-state index contributed by atoms with van der Waals surface area (Å²) in [4.78, 5) is 38.3. The fraction of sp³-hybridized carbons (Fsp3) is 0.444. The zero-order valence-electron chi connectivity index (χ0n) is 19.7. The Balaban J connectivity index is 1.10. The lowest BCUT2D eigenvalue weighted by atomic mass is 9.98. The number of amides is 2. The molecule has 2 aromatic carbocycles. The van der Waals surface area contributed by atoms with Gasteiger partial charge in [0, 0.05) is 25.0 Å². The summed E-state index contributed by atoms with van der Waals surface area (Å²) in [6.07, 6.45) is 0.173. The quantitative estimate of drug-likeness (QED) is 0.660. The lowest BCUT2D eigenvalue weighted by Crippen LogP contribution is -2.41. The van der Waals surface area contributed by atoms with Gasteiger partial charge >= 0.3 is 12.1 Å². The van der Waals surface area contributed by atoms with Gasteiger partial charge < -0.3 is 24.8 Å². The van der Waals surface area contributed by atoms with E-state index in [9.17, 15) is 19.5 Å². The third-order valence-electron chi connectivity index (χ3n) is 7.60. The number of nitrogens with one attached hydrogen (secondary N) is 1. The van der Waals surface area contributed by atoms with Crippen LogP contribution in [0, 0.1) is 11.8 Å². The highest BCUT2D eigenvalue weighted by molar-refractivity contribution is 5.82. The maximum Gasteiger partial charge on any atom is 0.407 e. The maximum absolute atomic E-state index is 12.9. The van der Waals surface area contributed by atoms with Crippen molar-refractivity contribution in [1.82, 2.24) is 10.2 Å². The molecule has 2 N–H and O–H groups in total. The predicted octanol–water partition coefficient (Wildman–Crippen LogP) is 3.25. The molecule has 184 valence electrons. The number of carbonyl (C=O) groups excluding carboxylic acids is 2. The Morgan fingerprint density at radius 1 is 1.09 bits per heavy atom. The third-order valence-corrected chi connectivity index (χ3v) is 7.60. The van der Waals surface area contributed by atoms with Crippen molar-refractivity contribution in [2.75, 3.05) is 26.3 Å². The molecule has 0 spiro atoms. The van der Waals surface area contributed by atoms with Crippen molar-refractivity contribution in [3.63, 3.8) is 0 Å². The molecule has 0 radical (unpaired) electrons. The number of likely N-dealkylation sites (tertiary alicyclic amines) is 1. The molecule has 2 saturated heterocycles.